The van der Waals surface area contributed by atoms with Gasteiger partial charge in [-0.15, -0.1) is 0 Å². The summed E-state index contributed by atoms with van der Waals surface area (Å²) in [5.41, 5.74) is 2.60. The van der Waals surface area contributed by atoms with E-state index in [0.717, 1.165) is 23.4 Å². The molecule has 0 bridgehead atoms. The molecule has 2 rings (SSSR count). The van der Waals surface area contributed by atoms with E-state index in [1.165, 1.54) is 0 Å². The topological polar surface area (TPSA) is 47.8 Å². The molecule has 19 heavy (non-hydrogen) atoms. The van der Waals surface area contributed by atoms with Gasteiger partial charge in [-0.05, 0) is 24.1 Å². The van der Waals surface area contributed by atoms with E-state index in [4.69, 9.17) is 11.6 Å². The molecule has 0 fully saturated rings. The summed E-state index contributed by atoms with van der Waals surface area (Å²) >= 11 is 6.23. The normalized spacial score (nSPS) is 10.7. The maximum atomic E-state index is 12.1. The molecule has 0 saturated heterocycles. The first kappa shape index (κ1) is 13.7. The maximum absolute atomic E-state index is 12.1. The van der Waals surface area contributed by atoms with Crippen molar-refractivity contribution in [3.8, 4) is 0 Å². The average molecular weight is 278 g/mol. The Bertz CT molecular complexity index is 578. The molecule has 0 unspecified atom stereocenters. The van der Waals surface area contributed by atoms with E-state index in [-0.39, 0.29) is 5.78 Å². The summed E-state index contributed by atoms with van der Waals surface area (Å²) in [6.07, 6.45) is 4.85. The van der Waals surface area contributed by atoms with Crippen LogP contribution in [0.25, 0.3) is 0 Å². The van der Waals surface area contributed by atoms with Gasteiger partial charge in [0.25, 0.3) is 0 Å². The number of nitrogens with zero attached hydrogens (tertiary/aromatic N) is 3. The van der Waals surface area contributed by atoms with Crippen LogP contribution >= 0.6 is 11.6 Å². The standard InChI is InChI=1S/C14H16ClN3O/c1-3-12-14(15)13(18(2)17-12)9-11(19)8-10-4-6-16-7-5-10/h4-7H,3,8-9H2,1-2H3. The van der Waals surface area contributed by atoms with E-state index in [1.54, 1.807) is 17.1 Å². The lowest BCUT2D eigenvalue weighted by Gasteiger charge is -2.03. The third-order valence-electron chi connectivity index (χ3n) is 3.02. The van der Waals surface area contributed by atoms with Crippen molar-refractivity contribution in [3.05, 3.63) is 46.5 Å². The van der Waals surface area contributed by atoms with Crippen molar-refractivity contribution in [3.63, 3.8) is 0 Å². The summed E-state index contributed by atoms with van der Waals surface area (Å²) in [6.45, 7) is 2.00. The zero-order chi connectivity index (χ0) is 13.8. The summed E-state index contributed by atoms with van der Waals surface area (Å²) in [7, 11) is 1.82. The Kier molecular flexibility index (Phi) is 4.32. The Morgan fingerprint density at radius 1 is 1.32 bits per heavy atom. The van der Waals surface area contributed by atoms with Gasteiger partial charge in [0.05, 0.1) is 22.8 Å². The highest BCUT2D eigenvalue weighted by Gasteiger charge is 2.16. The molecule has 0 aliphatic rings. The molecule has 0 radical (unpaired) electrons. The van der Waals surface area contributed by atoms with Crippen molar-refractivity contribution < 1.29 is 4.79 Å². The number of pyridine rings is 1. The Morgan fingerprint density at radius 3 is 2.58 bits per heavy atom. The zero-order valence-corrected chi connectivity index (χ0v) is 11.8. The van der Waals surface area contributed by atoms with Gasteiger partial charge < -0.3 is 0 Å². The first-order chi connectivity index (χ1) is 9.11. The lowest BCUT2D eigenvalue weighted by Crippen LogP contribution is -2.10. The fraction of sp³-hybridized carbons (Fsp3) is 0.357. The second-order valence-corrected chi connectivity index (χ2v) is 4.81. The first-order valence-corrected chi connectivity index (χ1v) is 6.60. The minimum atomic E-state index is 0.124. The number of aryl methyl sites for hydroxylation is 2. The summed E-state index contributed by atoms with van der Waals surface area (Å²) in [6, 6.07) is 3.69. The van der Waals surface area contributed by atoms with Crippen LogP contribution in [0.5, 0.6) is 0 Å². The number of hydrogen-bond donors (Lipinski definition) is 0. The highest BCUT2D eigenvalue weighted by Crippen LogP contribution is 2.21. The molecule has 0 amide bonds. The third-order valence-corrected chi connectivity index (χ3v) is 3.45. The summed E-state index contributed by atoms with van der Waals surface area (Å²) in [5.74, 6) is 0.124. The van der Waals surface area contributed by atoms with Crippen molar-refractivity contribution >= 4 is 17.4 Å². The first-order valence-electron chi connectivity index (χ1n) is 6.22. The van der Waals surface area contributed by atoms with Crippen LogP contribution < -0.4 is 0 Å². The summed E-state index contributed by atoms with van der Waals surface area (Å²) in [5, 5.41) is 4.93. The quantitative estimate of drug-likeness (QED) is 0.843. The number of halogens is 1. The van der Waals surface area contributed by atoms with Crippen molar-refractivity contribution in [1.29, 1.82) is 0 Å². The van der Waals surface area contributed by atoms with Crippen LogP contribution in [0.2, 0.25) is 5.02 Å². The van der Waals surface area contributed by atoms with Crippen LogP contribution in [0.1, 0.15) is 23.9 Å². The van der Waals surface area contributed by atoms with Gasteiger partial charge in [0.2, 0.25) is 0 Å². The molecule has 0 aromatic carbocycles. The number of hydrogen-bond acceptors (Lipinski definition) is 3. The molecule has 2 heterocycles. The molecule has 0 saturated carbocycles. The minimum absolute atomic E-state index is 0.124. The lowest BCUT2D eigenvalue weighted by molar-refractivity contribution is -0.117. The number of rotatable bonds is 5. The van der Waals surface area contributed by atoms with E-state index in [9.17, 15) is 4.79 Å². The van der Waals surface area contributed by atoms with Gasteiger partial charge in [0, 0.05) is 25.9 Å². The molecule has 2 aromatic heterocycles. The largest absolute Gasteiger partial charge is 0.299 e. The SMILES string of the molecule is CCc1nn(C)c(CC(=O)Cc2ccncc2)c1Cl. The van der Waals surface area contributed by atoms with Gasteiger partial charge in [-0.2, -0.15) is 5.10 Å². The van der Waals surface area contributed by atoms with E-state index in [1.807, 2.05) is 26.1 Å². The van der Waals surface area contributed by atoms with E-state index >= 15 is 0 Å². The van der Waals surface area contributed by atoms with Crippen molar-refractivity contribution in [2.24, 2.45) is 7.05 Å². The Labute approximate surface area is 117 Å². The molecule has 4 nitrogen and oxygen atoms in total. The van der Waals surface area contributed by atoms with Crippen LogP contribution in [-0.2, 0) is 31.1 Å². The summed E-state index contributed by atoms with van der Waals surface area (Å²) in [4.78, 5) is 16.0. The molecule has 0 aliphatic carbocycles. The second kappa shape index (κ2) is 5.97. The number of Topliss-reactive ketones (excluding diaryl/α,β-unsaturated/α-hetero) is 1. The molecular formula is C14H16ClN3O. The van der Waals surface area contributed by atoms with Gasteiger partial charge in [0.15, 0.2) is 0 Å². The monoisotopic (exact) mass is 277 g/mol. The van der Waals surface area contributed by atoms with E-state index < -0.39 is 0 Å². The highest BCUT2D eigenvalue weighted by molar-refractivity contribution is 6.32. The van der Waals surface area contributed by atoms with Crippen molar-refractivity contribution in [2.45, 2.75) is 26.2 Å². The van der Waals surface area contributed by atoms with Gasteiger partial charge in [-0.3, -0.25) is 14.5 Å². The molecule has 100 valence electrons. The summed E-state index contributed by atoms with van der Waals surface area (Å²) < 4.78 is 1.70. The Hall–Kier alpha value is -1.68. The molecule has 5 heteroatoms. The van der Waals surface area contributed by atoms with Crippen LogP contribution in [0, 0.1) is 0 Å². The zero-order valence-electron chi connectivity index (χ0n) is 11.1. The van der Waals surface area contributed by atoms with Crippen LogP contribution in [0.4, 0.5) is 0 Å². The van der Waals surface area contributed by atoms with Crippen LogP contribution in [0.15, 0.2) is 24.5 Å². The average Bonchev–Trinajstić information content (AvgIpc) is 2.67. The van der Waals surface area contributed by atoms with Crippen molar-refractivity contribution in [2.75, 3.05) is 0 Å². The van der Waals surface area contributed by atoms with E-state index in [2.05, 4.69) is 10.1 Å². The fourth-order valence-corrected chi connectivity index (χ4v) is 2.35. The van der Waals surface area contributed by atoms with Gasteiger partial charge >= 0.3 is 0 Å². The Morgan fingerprint density at radius 2 is 2.00 bits per heavy atom. The smallest absolute Gasteiger partial charge is 0.143 e. The minimum Gasteiger partial charge on any atom is -0.299 e. The van der Waals surface area contributed by atoms with E-state index in [0.29, 0.717) is 17.9 Å². The molecule has 0 spiro atoms. The molecule has 2 aromatic rings. The lowest BCUT2D eigenvalue weighted by atomic mass is 10.1. The number of carbonyl (C=O) groups excluding carboxylic acids is 1. The number of aromatic nitrogens is 3. The Balaban J connectivity index is 2.09. The third kappa shape index (κ3) is 3.20. The molecule has 0 N–H and O–H groups in total. The van der Waals surface area contributed by atoms with Gasteiger partial charge in [-0.1, -0.05) is 18.5 Å². The maximum Gasteiger partial charge on any atom is 0.143 e. The molecule has 0 atom stereocenters. The predicted octanol–water partition coefficient (Wildman–Crippen LogP) is 2.39. The second-order valence-electron chi connectivity index (χ2n) is 4.43. The van der Waals surface area contributed by atoms with Crippen molar-refractivity contribution in [1.82, 2.24) is 14.8 Å². The fourth-order valence-electron chi connectivity index (χ4n) is 1.99. The van der Waals surface area contributed by atoms with Crippen LogP contribution in [-0.4, -0.2) is 20.5 Å². The van der Waals surface area contributed by atoms with Gasteiger partial charge in [-0.25, -0.2) is 0 Å². The highest BCUT2D eigenvalue weighted by atomic mass is 35.5. The molecule has 0 aliphatic heterocycles. The van der Waals surface area contributed by atoms with Gasteiger partial charge in [0.1, 0.15) is 5.78 Å². The molecular weight excluding hydrogens is 262 g/mol. The van der Waals surface area contributed by atoms with Crippen LogP contribution in [0.3, 0.4) is 0 Å². The number of carbonyl (C=O) groups is 1. The predicted molar refractivity (Wildman–Crippen MR) is 74.2 cm³/mol. The number of ketones is 1.